The summed E-state index contributed by atoms with van der Waals surface area (Å²) in [5.41, 5.74) is 1.32. The third-order valence-corrected chi connectivity index (χ3v) is 8.04. The van der Waals surface area contributed by atoms with E-state index in [1.54, 1.807) is 38.1 Å². The highest BCUT2D eigenvalue weighted by atomic mass is 79.9. The Morgan fingerprint density at radius 2 is 1.70 bits per heavy atom. The second-order valence-corrected chi connectivity index (χ2v) is 11.3. The Morgan fingerprint density at radius 1 is 1.03 bits per heavy atom. The number of nitrogens with zero attached hydrogens (tertiary/aromatic N) is 2. The van der Waals surface area contributed by atoms with Gasteiger partial charge in [-0.25, -0.2) is 12.8 Å². The van der Waals surface area contributed by atoms with E-state index >= 15 is 0 Å². The molecule has 0 aliphatic carbocycles. The van der Waals surface area contributed by atoms with Gasteiger partial charge in [-0.05, 0) is 62.7 Å². The number of benzene rings is 3. The molecule has 0 spiro atoms. The van der Waals surface area contributed by atoms with Gasteiger partial charge < -0.3 is 10.2 Å². The fourth-order valence-electron chi connectivity index (χ4n) is 3.74. The maximum Gasteiger partial charge on any atom is 0.264 e. The molecular weight excluding hydrogens is 561 g/mol. The molecule has 3 aromatic rings. The van der Waals surface area contributed by atoms with Gasteiger partial charge in [-0.2, -0.15) is 0 Å². The molecule has 0 bridgehead atoms. The van der Waals surface area contributed by atoms with Crippen molar-refractivity contribution >= 4 is 43.5 Å². The number of hydrogen-bond acceptors (Lipinski definition) is 4. The van der Waals surface area contributed by atoms with Crippen LogP contribution in [0.4, 0.5) is 10.1 Å². The highest BCUT2D eigenvalue weighted by molar-refractivity contribution is 9.10. The summed E-state index contributed by atoms with van der Waals surface area (Å²) in [5.74, 6) is -1.83. The van der Waals surface area contributed by atoms with Crippen LogP contribution in [0, 0.1) is 12.7 Å². The van der Waals surface area contributed by atoms with Crippen molar-refractivity contribution in [3.05, 3.63) is 94.2 Å². The predicted octanol–water partition coefficient (Wildman–Crippen LogP) is 4.65. The van der Waals surface area contributed by atoms with Crippen LogP contribution in [0.2, 0.25) is 0 Å². The monoisotopic (exact) mass is 589 g/mol. The number of carbonyl (C=O) groups excluding carboxylic acids is 2. The molecule has 1 atom stereocenters. The van der Waals surface area contributed by atoms with E-state index in [2.05, 4.69) is 21.2 Å². The lowest BCUT2D eigenvalue weighted by Gasteiger charge is -2.32. The molecule has 196 valence electrons. The Balaban J connectivity index is 2.04. The molecular formula is C27H29BrFN3O4S. The van der Waals surface area contributed by atoms with Gasteiger partial charge in [0.2, 0.25) is 11.8 Å². The summed E-state index contributed by atoms with van der Waals surface area (Å²) in [6, 6.07) is 17.8. The van der Waals surface area contributed by atoms with Gasteiger partial charge in [0.15, 0.2) is 0 Å². The fourth-order valence-corrected chi connectivity index (χ4v) is 5.61. The van der Waals surface area contributed by atoms with E-state index in [1.807, 2.05) is 19.1 Å². The second kappa shape index (κ2) is 12.3. The topological polar surface area (TPSA) is 86.8 Å². The van der Waals surface area contributed by atoms with Crippen molar-refractivity contribution < 1.29 is 22.4 Å². The van der Waals surface area contributed by atoms with Crippen LogP contribution in [0.25, 0.3) is 0 Å². The summed E-state index contributed by atoms with van der Waals surface area (Å²) < 4.78 is 43.8. The molecule has 3 rings (SSSR count). The van der Waals surface area contributed by atoms with Crippen LogP contribution < -0.4 is 9.62 Å². The normalized spacial score (nSPS) is 12.0. The largest absolute Gasteiger partial charge is 0.355 e. The zero-order chi connectivity index (χ0) is 27.2. The lowest BCUT2D eigenvalue weighted by molar-refractivity contribution is -0.139. The van der Waals surface area contributed by atoms with E-state index in [0.29, 0.717) is 6.54 Å². The Hall–Kier alpha value is -3.24. The van der Waals surface area contributed by atoms with Crippen molar-refractivity contribution in [2.75, 3.05) is 17.4 Å². The molecule has 2 amide bonds. The molecule has 0 heterocycles. The minimum absolute atomic E-state index is 0.0479. The Labute approximate surface area is 225 Å². The summed E-state index contributed by atoms with van der Waals surface area (Å²) >= 11 is 3.40. The van der Waals surface area contributed by atoms with Crippen molar-refractivity contribution in [3.63, 3.8) is 0 Å². The van der Waals surface area contributed by atoms with E-state index in [-0.39, 0.29) is 23.0 Å². The molecule has 3 aromatic carbocycles. The lowest BCUT2D eigenvalue weighted by atomic mass is 10.1. The molecule has 10 heteroatoms. The Bertz CT molecular complexity index is 1370. The fraction of sp³-hybridized carbons (Fsp3) is 0.259. The summed E-state index contributed by atoms with van der Waals surface area (Å²) in [6.07, 6.45) is 0. The number of amides is 2. The summed E-state index contributed by atoms with van der Waals surface area (Å²) in [7, 11) is -4.32. The van der Waals surface area contributed by atoms with Crippen molar-refractivity contribution in [3.8, 4) is 0 Å². The number of anilines is 1. The van der Waals surface area contributed by atoms with E-state index in [4.69, 9.17) is 0 Å². The number of para-hydroxylation sites is 1. The van der Waals surface area contributed by atoms with Gasteiger partial charge in [-0.3, -0.25) is 13.9 Å². The van der Waals surface area contributed by atoms with Gasteiger partial charge in [0.25, 0.3) is 10.0 Å². The third-order valence-electron chi connectivity index (χ3n) is 5.77. The molecule has 0 aliphatic rings. The van der Waals surface area contributed by atoms with Crippen LogP contribution in [0.1, 0.15) is 25.0 Å². The van der Waals surface area contributed by atoms with Crippen LogP contribution >= 0.6 is 15.9 Å². The van der Waals surface area contributed by atoms with Crippen molar-refractivity contribution in [2.24, 2.45) is 0 Å². The quantitative estimate of drug-likeness (QED) is 0.373. The summed E-state index contributed by atoms with van der Waals surface area (Å²) in [6.45, 7) is 4.87. The molecule has 1 unspecified atom stereocenters. The minimum Gasteiger partial charge on any atom is -0.355 e. The maximum atomic E-state index is 14.9. The third kappa shape index (κ3) is 6.95. The molecule has 0 radical (unpaired) electrons. The SMILES string of the molecule is CCNC(=O)C(C)N(Cc1cccc(Br)c1)C(=O)CN(c1ccccc1F)S(=O)(=O)c1ccc(C)cc1. The molecule has 1 N–H and O–H groups in total. The van der Waals surface area contributed by atoms with E-state index in [0.717, 1.165) is 26.0 Å². The number of hydrogen-bond donors (Lipinski definition) is 1. The number of rotatable bonds is 10. The van der Waals surface area contributed by atoms with Gasteiger partial charge in [-0.1, -0.05) is 57.9 Å². The summed E-state index contributed by atoms with van der Waals surface area (Å²) in [4.78, 5) is 27.6. The van der Waals surface area contributed by atoms with Crippen LogP contribution in [-0.2, 0) is 26.2 Å². The lowest BCUT2D eigenvalue weighted by Crippen LogP contribution is -2.51. The molecule has 37 heavy (non-hydrogen) atoms. The molecule has 7 nitrogen and oxygen atoms in total. The highest BCUT2D eigenvalue weighted by Gasteiger charge is 2.33. The molecule has 0 saturated carbocycles. The predicted molar refractivity (Wildman–Crippen MR) is 145 cm³/mol. The zero-order valence-electron chi connectivity index (χ0n) is 20.8. The van der Waals surface area contributed by atoms with E-state index in [1.165, 1.54) is 35.2 Å². The Morgan fingerprint density at radius 3 is 2.32 bits per heavy atom. The number of aryl methyl sites for hydroxylation is 1. The van der Waals surface area contributed by atoms with Gasteiger partial charge in [0, 0.05) is 17.6 Å². The van der Waals surface area contributed by atoms with Crippen molar-refractivity contribution in [1.82, 2.24) is 10.2 Å². The first-order valence-corrected chi connectivity index (χ1v) is 13.9. The van der Waals surface area contributed by atoms with Crippen LogP contribution in [0.3, 0.4) is 0 Å². The first kappa shape index (κ1) is 28.3. The number of carbonyl (C=O) groups is 2. The first-order valence-electron chi connectivity index (χ1n) is 11.7. The minimum atomic E-state index is -4.32. The number of halogens is 2. The van der Waals surface area contributed by atoms with Gasteiger partial charge in [-0.15, -0.1) is 0 Å². The van der Waals surface area contributed by atoms with Crippen LogP contribution in [-0.4, -0.2) is 44.3 Å². The van der Waals surface area contributed by atoms with E-state index in [9.17, 15) is 22.4 Å². The molecule has 0 aliphatic heterocycles. The molecule has 0 saturated heterocycles. The molecule has 0 aromatic heterocycles. The average molecular weight is 591 g/mol. The highest BCUT2D eigenvalue weighted by Crippen LogP contribution is 2.27. The van der Waals surface area contributed by atoms with Gasteiger partial charge >= 0.3 is 0 Å². The Kier molecular flexibility index (Phi) is 9.45. The van der Waals surface area contributed by atoms with Crippen LogP contribution in [0.5, 0.6) is 0 Å². The number of likely N-dealkylation sites (N-methyl/N-ethyl adjacent to an activating group) is 1. The van der Waals surface area contributed by atoms with E-state index < -0.39 is 34.3 Å². The number of sulfonamides is 1. The standard InChI is InChI=1S/C27H29BrFN3O4S/c1-4-30-27(34)20(3)31(17-21-8-7-9-22(28)16-21)26(33)18-32(25-11-6-5-10-24(25)29)37(35,36)23-14-12-19(2)13-15-23/h5-16,20H,4,17-18H2,1-3H3,(H,30,34). The van der Waals surface area contributed by atoms with Crippen molar-refractivity contribution in [1.29, 1.82) is 0 Å². The summed E-state index contributed by atoms with van der Waals surface area (Å²) in [5, 5.41) is 2.70. The first-order chi connectivity index (χ1) is 17.5. The maximum absolute atomic E-state index is 14.9. The second-order valence-electron chi connectivity index (χ2n) is 8.50. The van der Waals surface area contributed by atoms with Crippen LogP contribution in [0.15, 0.2) is 82.2 Å². The smallest absolute Gasteiger partial charge is 0.264 e. The van der Waals surface area contributed by atoms with Crippen molar-refractivity contribution in [2.45, 2.75) is 38.3 Å². The zero-order valence-corrected chi connectivity index (χ0v) is 23.2. The van der Waals surface area contributed by atoms with Gasteiger partial charge in [0.05, 0.1) is 10.6 Å². The van der Waals surface area contributed by atoms with Gasteiger partial charge in [0.1, 0.15) is 18.4 Å². The molecule has 0 fully saturated rings. The average Bonchev–Trinajstić information content (AvgIpc) is 2.86. The number of nitrogens with one attached hydrogen (secondary N) is 1.